The van der Waals surface area contributed by atoms with Crippen LogP contribution in [0.5, 0.6) is 0 Å². The van der Waals surface area contributed by atoms with E-state index >= 15 is 0 Å². The summed E-state index contributed by atoms with van der Waals surface area (Å²) in [6.45, 7) is 4.95. The molecule has 0 fully saturated rings. The highest BCUT2D eigenvalue weighted by molar-refractivity contribution is 5.94. The van der Waals surface area contributed by atoms with Gasteiger partial charge in [0, 0.05) is 31.1 Å². The Hall–Kier alpha value is -3.35. The number of hydrogen-bond donors (Lipinski definition) is 1. The van der Waals surface area contributed by atoms with Crippen LogP contribution in [0.25, 0.3) is 11.3 Å². The average Bonchev–Trinajstić information content (AvgIpc) is 3.20. The first-order valence-corrected chi connectivity index (χ1v) is 11.3. The van der Waals surface area contributed by atoms with Crippen molar-refractivity contribution in [2.75, 3.05) is 0 Å². The molecule has 0 unspecified atom stereocenters. The number of benzene rings is 1. The van der Waals surface area contributed by atoms with Gasteiger partial charge in [-0.15, -0.1) is 5.10 Å². The van der Waals surface area contributed by atoms with Crippen LogP contribution in [0, 0.1) is 0 Å². The molecule has 0 saturated carbocycles. The highest BCUT2D eigenvalue weighted by Crippen LogP contribution is 2.22. The number of carboxylic acid groups (broad SMARTS) is 1. The second-order valence-electron chi connectivity index (χ2n) is 7.89. The Morgan fingerprint density at radius 2 is 1.75 bits per heavy atom. The van der Waals surface area contributed by atoms with Gasteiger partial charge in [0.15, 0.2) is 0 Å². The molecular formula is C25H30N4O3. The summed E-state index contributed by atoms with van der Waals surface area (Å²) in [6.07, 6.45) is 7.61. The quantitative estimate of drug-likeness (QED) is 0.311. The Balaban J connectivity index is 1.82. The molecule has 1 aromatic carbocycles. The van der Waals surface area contributed by atoms with E-state index in [-0.39, 0.29) is 11.3 Å². The van der Waals surface area contributed by atoms with E-state index in [0.29, 0.717) is 24.4 Å². The van der Waals surface area contributed by atoms with Crippen molar-refractivity contribution in [3.05, 3.63) is 65.4 Å². The molecule has 0 bridgehead atoms. The molecule has 0 amide bonds. The predicted octanol–water partition coefficient (Wildman–Crippen LogP) is 5.19. The fraction of sp³-hybridized carbons (Fsp3) is 0.400. The molecular weight excluding hydrogens is 404 g/mol. The van der Waals surface area contributed by atoms with E-state index in [1.807, 2.05) is 28.9 Å². The maximum atomic E-state index is 12.4. The maximum absolute atomic E-state index is 12.4. The number of carboxylic acids is 1. The summed E-state index contributed by atoms with van der Waals surface area (Å²) in [6, 6.07) is 10.8. The zero-order valence-corrected chi connectivity index (χ0v) is 18.8. The highest BCUT2D eigenvalue weighted by Gasteiger charge is 2.17. The largest absolute Gasteiger partial charge is 0.478 e. The Morgan fingerprint density at radius 1 is 1.00 bits per heavy atom. The van der Waals surface area contributed by atoms with Gasteiger partial charge in [-0.25, -0.2) is 14.5 Å². The van der Waals surface area contributed by atoms with Gasteiger partial charge in [-0.2, -0.15) is 0 Å². The van der Waals surface area contributed by atoms with E-state index in [2.05, 4.69) is 28.9 Å². The Labute approximate surface area is 188 Å². The second-order valence-corrected chi connectivity index (χ2v) is 7.89. The van der Waals surface area contributed by atoms with Gasteiger partial charge < -0.3 is 5.11 Å². The van der Waals surface area contributed by atoms with E-state index < -0.39 is 5.97 Å². The number of aromatic carboxylic acids is 1. The molecule has 1 N–H and O–H groups in total. The van der Waals surface area contributed by atoms with Crippen LogP contribution < -0.4 is 0 Å². The molecule has 2 heterocycles. The number of aromatic nitrogens is 4. The molecule has 2 aromatic heterocycles. The van der Waals surface area contributed by atoms with Crippen molar-refractivity contribution in [2.45, 2.75) is 65.3 Å². The summed E-state index contributed by atoms with van der Waals surface area (Å²) < 4.78 is 1.87. The van der Waals surface area contributed by atoms with Gasteiger partial charge in [0.25, 0.3) is 0 Å². The zero-order valence-electron chi connectivity index (χ0n) is 18.8. The predicted molar refractivity (Wildman–Crippen MR) is 123 cm³/mol. The van der Waals surface area contributed by atoms with E-state index in [0.717, 1.165) is 55.6 Å². The SMILES string of the molecule is CCCCCn1nc(C(=O)CCCC)nc1Cc1ccc(-c2ncccc2C(=O)O)cc1. The first-order valence-electron chi connectivity index (χ1n) is 11.3. The number of nitrogens with zero attached hydrogens (tertiary/aromatic N) is 4. The van der Waals surface area contributed by atoms with Crippen LogP contribution in [-0.4, -0.2) is 36.6 Å². The second kappa shape index (κ2) is 11.3. The first kappa shape index (κ1) is 23.3. The molecule has 3 rings (SSSR count). The summed E-state index contributed by atoms with van der Waals surface area (Å²) in [7, 11) is 0. The van der Waals surface area contributed by atoms with E-state index in [1.54, 1.807) is 18.3 Å². The van der Waals surface area contributed by atoms with Crippen molar-refractivity contribution < 1.29 is 14.7 Å². The summed E-state index contributed by atoms with van der Waals surface area (Å²) >= 11 is 0. The number of carbonyl (C=O) groups excluding carboxylic acids is 1. The standard InChI is InChI=1S/C25H30N4O3/c1-3-5-7-16-29-22(27-24(28-29)21(30)10-6-4-2)17-18-11-13-19(14-12-18)23-20(25(31)32)9-8-15-26-23/h8-9,11-15H,3-7,10,16-17H2,1-2H3,(H,31,32). The molecule has 168 valence electrons. The summed E-state index contributed by atoms with van der Waals surface area (Å²) in [5, 5.41) is 13.9. The number of carbonyl (C=O) groups is 2. The van der Waals surface area contributed by atoms with E-state index in [4.69, 9.17) is 0 Å². The zero-order chi connectivity index (χ0) is 22.9. The van der Waals surface area contributed by atoms with Crippen LogP contribution in [-0.2, 0) is 13.0 Å². The van der Waals surface area contributed by atoms with Crippen LogP contribution in [0.1, 0.15) is 84.7 Å². The van der Waals surface area contributed by atoms with Crippen LogP contribution in [0.15, 0.2) is 42.6 Å². The van der Waals surface area contributed by atoms with Crippen molar-refractivity contribution in [3.8, 4) is 11.3 Å². The Morgan fingerprint density at radius 3 is 2.44 bits per heavy atom. The van der Waals surface area contributed by atoms with E-state index in [1.165, 1.54) is 0 Å². The van der Waals surface area contributed by atoms with Gasteiger partial charge in [-0.05, 0) is 30.5 Å². The lowest BCUT2D eigenvalue weighted by molar-refractivity contribution is 0.0697. The van der Waals surface area contributed by atoms with Crippen molar-refractivity contribution in [2.24, 2.45) is 0 Å². The molecule has 32 heavy (non-hydrogen) atoms. The number of rotatable bonds is 12. The molecule has 0 radical (unpaired) electrons. The molecule has 3 aromatic rings. The monoisotopic (exact) mass is 434 g/mol. The van der Waals surface area contributed by atoms with Crippen molar-refractivity contribution >= 4 is 11.8 Å². The molecule has 0 aliphatic carbocycles. The molecule has 0 aliphatic heterocycles. The first-order chi connectivity index (χ1) is 15.5. The van der Waals surface area contributed by atoms with Gasteiger partial charge in [-0.3, -0.25) is 9.78 Å². The molecule has 7 nitrogen and oxygen atoms in total. The normalized spacial score (nSPS) is 10.9. The number of unbranched alkanes of at least 4 members (excludes halogenated alkanes) is 3. The molecule has 0 aliphatic rings. The lowest BCUT2D eigenvalue weighted by atomic mass is 10.0. The third-order valence-corrected chi connectivity index (χ3v) is 5.36. The smallest absolute Gasteiger partial charge is 0.337 e. The molecule has 0 atom stereocenters. The van der Waals surface area contributed by atoms with Gasteiger partial charge in [0.2, 0.25) is 11.6 Å². The number of hydrogen-bond acceptors (Lipinski definition) is 5. The third-order valence-electron chi connectivity index (χ3n) is 5.36. The Kier molecular flexibility index (Phi) is 8.25. The van der Waals surface area contributed by atoms with Crippen molar-refractivity contribution in [3.63, 3.8) is 0 Å². The van der Waals surface area contributed by atoms with Crippen LogP contribution in [0.3, 0.4) is 0 Å². The minimum absolute atomic E-state index is 0.00552. The van der Waals surface area contributed by atoms with Gasteiger partial charge in [0.05, 0.1) is 11.3 Å². The van der Waals surface area contributed by atoms with Crippen molar-refractivity contribution in [1.82, 2.24) is 19.7 Å². The molecule has 0 spiro atoms. The number of pyridine rings is 1. The number of ketones is 1. The molecule has 7 heteroatoms. The lowest BCUT2D eigenvalue weighted by Crippen LogP contribution is -2.07. The fourth-order valence-electron chi connectivity index (χ4n) is 3.53. The minimum atomic E-state index is -1.00. The summed E-state index contributed by atoms with van der Waals surface area (Å²) in [5.41, 5.74) is 2.37. The minimum Gasteiger partial charge on any atom is -0.478 e. The average molecular weight is 435 g/mol. The van der Waals surface area contributed by atoms with E-state index in [9.17, 15) is 14.7 Å². The van der Waals surface area contributed by atoms with Crippen LogP contribution >= 0.6 is 0 Å². The number of Topliss-reactive ketones (excluding diaryl/α,β-unsaturated/α-hetero) is 1. The van der Waals surface area contributed by atoms with Gasteiger partial charge >= 0.3 is 5.97 Å². The lowest BCUT2D eigenvalue weighted by Gasteiger charge is -2.08. The maximum Gasteiger partial charge on any atom is 0.337 e. The topological polar surface area (TPSA) is 98.0 Å². The van der Waals surface area contributed by atoms with Crippen LogP contribution in [0.4, 0.5) is 0 Å². The summed E-state index contributed by atoms with van der Waals surface area (Å²) in [5.74, 6) is 0.0746. The van der Waals surface area contributed by atoms with Crippen molar-refractivity contribution in [1.29, 1.82) is 0 Å². The number of aryl methyl sites for hydroxylation is 1. The highest BCUT2D eigenvalue weighted by atomic mass is 16.4. The summed E-state index contributed by atoms with van der Waals surface area (Å²) in [4.78, 5) is 32.7. The Bertz CT molecular complexity index is 1060. The molecule has 0 saturated heterocycles. The van der Waals surface area contributed by atoms with Crippen LogP contribution in [0.2, 0.25) is 0 Å². The van der Waals surface area contributed by atoms with Gasteiger partial charge in [0.1, 0.15) is 5.82 Å². The van der Waals surface area contributed by atoms with Gasteiger partial charge in [-0.1, -0.05) is 57.4 Å². The fourth-order valence-corrected chi connectivity index (χ4v) is 3.53. The third kappa shape index (κ3) is 5.87.